The SMILES string of the molecule is CCCCCCCCCC(=O)N/N=C(\C)c1ccccc1O. The Morgan fingerprint density at radius 3 is 2.41 bits per heavy atom. The van der Waals surface area contributed by atoms with Gasteiger partial charge in [0.25, 0.3) is 0 Å². The third-order valence-electron chi connectivity index (χ3n) is 3.65. The van der Waals surface area contributed by atoms with E-state index < -0.39 is 0 Å². The first-order chi connectivity index (χ1) is 10.6. The molecule has 0 heterocycles. The first kappa shape index (κ1) is 18.2. The summed E-state index contributed by atoms with van der Waals surface area (Å²) in [5.74, 6) is 0.105. The summed E-state index contributed by atoms with van der Waals surface area (Å²) < 4.78 is 0. The van der Waals surface area contributed by atoms with Crippen molar-refractivity contribution in [1.29, 1.82) is 0 Å². The quantitative estimate of drug-likeness (QED) is 0.383. The molecule has 4 nitrogen and oxygen atoms in total. The highest BCUT2D eigenvalue weighted by Crippen LogP contribution is 2.16. The zero-order valence-corrected chi connectivity index (χ0v) is 13.8. The molecule has 1 aromatic carbocycles. The summed E-state index contributed by atoms with van der Waals surface area (Å²) in [6.45, 7) is 3.98. The summed E-state index contributed by atoms with van der Waals surface area (Å²) in [4.78, 5) is 11.7. The number of amides is 1. The zero-order valence-electron chi connectivity index (χ0n) is 13.8. The summed E-state index contributed by atoms with van der Waals surface area (Å²) >= 11 is 0. The van der Waals surface area contributed by atoms with Gasteiger partial charge in [-0.2, -0.15) is 5.10 Å². The summed E-state index contributed by atoms with van der Waals surface area (Å²) in [5, 5.41) is 13.8. The fourth-order valence-corrected chi connectivity index (χ4v) is 2.28. The first-order valence-electron chi connectivity index (χ1n) is 8.26. The second kappa shape index (κ2) is 10.8. The topological polar surface area (TPSA) is 61.7 Å². The number of nitrogens with one attached hydrogen (secondary N) is 1. The molecule has 1 rings (SSSR count). The summed E-state index contributed by atoms with van der Waals surface area (Å²) in [5.41, 5.74) is 3.80. The third-order valence-corrected chi connectivity index (χ3v) is 3.65. The van der Waals surface area contributed by atoms with E-state index in [1.165, 1.54) is 32.1 Å². The molecule has 0 fully saturated rings. The lowest BCUT2D eigenvalue weighted by Gasteiger charge is -2.05. The van der Waals surface area contributed by atoms with Gasteiger partial charge < -0.3 is 5.11 Å². The van der Waals surface area contributed by atoms with Crippen molar-refractivity contribution >= 4 is 11.6 Å². The minimum atomic E-state index is -0.0664. The Hall–Kier alpha value is -1.84. The maximum absolute atomic E-state index is 11.7. The van der Waals surface area contributed by atoms with E-state index in [4.69, 9.17) is 0 Å². The third kappa shape index (κ3) is 7.25. The Bertz CT molecular complexity index is 484. The van der Waals surface area contributed by atoms with Gasteiger partial charge in [0.2, 0.25) is 5.91 Å². The van der Waals surface area contributed by atoms with Crippen LogP contribution in [-0.4, -0.2) is 16.7 Å². The smallest absolute Gasteiger partial charge is 0.240 e. The first-order valence-corrected chi connectivity index (χ1v) is 8.26. The lowest BCUT2D eigenvalue weighted by atomic mass is 10.1. The summed E-state index contributed by atoms with van der Waals surface area (Å²) in [7, 11) is 0. The molecule has 0 spiro atoms. The van der Waals surface area contributed by atoms with Gasteiger partial charge >= 0.3 is 0 Å². The van der Waals surface area contributed by atoms with Crippen LogP contribution in [0.5, 0.6) is 5.75 Å². The molecule has 0 saturated heterocycles. The van der Waals surface area contributed by atoms with E-state index in [0.717, 1.165) is 12.8 Å². The number of carbonyl (C=O) groups excluding carboxylic acids is 1. The van der Waals surface area contributed by atoms with Gasteiger partial charge in [-0.1, -0.05) is 57.6 Å². The molecule has 4 heteroatoms. The van der Waals surface area contributed by atoms with Crippen molar-refractivity contribution < 1.29 is 9.90 Å². The van der Waals surface area contributed by atoms with Crippen LogP contribution >= 0.6 is 0 Å². The predicted octanol–water partition coefficient (Wildman–Crippen LogP) is 4.37. The van der Waals surface area contributed by atoms with Gasteiger partial charge in [-0.3, -0.25) is 4.79 Å². The number of phenolic OH excluding ortho intramolecular Hbond substituents is 1. The van der Waals surface area contributed by atoms with Crippen molar-refractivity contribution in [3.05, 3.63) is 29.8 Å². The molecule has 0 atom stereocenters. The number of unbranched alkanes of at least 4 members (excludes halogenated alkanes) is 6. The molecule has 1 amide bonds. The molecule has 1 aromatic rings. The van der Waals surface area contributed by atoms with Crippen molar-refractivity contribution in [2.75, 3.05) is 0 Å². The van der Waals surface area contributed by atoms with Crippen LogP contribution in [0.15, 0.2) is 29.4 Å². The summed E-state index contributed by atoms with van der Waals surface area (Å²) in [6, 6.07) is 6.96. The largest absolute Gasteiger partial charge is 0.507 e. The van der Waals surface area contributed by atoms with Gasteiger partial charge in [-0.25, -0.2) is 5.43 Å². The van der Waals surface area contributed by atoms with E-state index in [2.05, 4.69) is 17.5 Å². The van der Waals surface area contributed by atoms with Crippen LogP contribution in [0.3, 0.4) is 0 Å². The van der Waals surface area contributed by atoms with Gasteiger partial charge in [-0.05, 0) is 25.5 Å². The molecular formula is C18H28N2O2. The molecule has 0 bridgehead atoms. The van der Waals surface area contributed by atoms with Crippen LogP contribution in [0.4, 0.5) is 0 Å². The Morgan fingerprint density at radius 1 is 1.09 bits per heavy atom. The Balaban J connectivity index is 2.22. The molecule has 0 unspecified atom stereocenters. The van der Waals surface area contributed by atoms with E-state index >= 15 is 0 Å². The van der Waals surface area contributed by atoms with Crippen LogP contribution in [0.25, 0.3) is 0 Å². The Kier molecular flexibility index (Phi) is 8.96. The number of aromatic hydroxyl groups is 1. The number of hydrazone groups is 1. The number of para-hydroxylation sites is 1. The highest BCUT2D eigenvalue weighted by molar-refractivity contribution is 6.01. The molecule has 0 aliphatic rings. The molecule has 0 aliphatic heterocycles. The molecule has 2 N–H and O–H groups in total. The maximum atomic E-state index is 11.7. The van der Waals surface area contributed by atoms with Crippen molar-refractivity contribution in [3.8, 4) is 5.75 Å². The van der Waals surface area contributed by atoms with E-state index in [1.807, 2.05) is 6.07 Å². The Morgan fingerprint density at radius 2 is 1.73 bits per heavy atom. The number of rotatable bonds is 10. The molecule has 0 saturated carbocycles. The number of carbonyl (C=O) groups is 1. The minimum absolute atomic E-state index is 0.0664. The van der Waals surface area contributed by atoms with Gasteiger partial charge in [0, 0.05) is 12.0 Å². The lowest BCUT2D eigenvalue weighted by molar-refractivity contribution is -0.121. The van der Waals surface area contributed by atoms with Gasteiger partial charge in [0.15, 0.2) is 0 Å². The number of hydrogen-bond donors (Lipinski definition) is 2. The monoisotopic (exact) mass is 304 g/mol. The maximum Gasteiger partial charge on any atom is 0.240 e. The average molecular weight is 304 g/mol. The fourth-order valence-electron chi connectivity index (χ4n) is 2.28. The molecule has 22 heavy (non-hydrogen) atoms. The molecule has 0 radical (unpaired) electrons. The minimum Gasteiger partial charge on any atom is -0.507 e. The average Bonchev–Trinajstić information content (AvgIpc) is 2.52. The normalized spacial score (nSPS) is 11.5. The standard InChI is InChI=1S/C18H28N2O2/c1-3-4-5-6-7-8-9-14-18(22)20-19-15(2)16-12-10-11-13-17(16)21/h10-13,21H,3-9,14H2,1-2H3,(H,20,22)/b19-15+. The van der Waals surface area contributed by atoms with Gasteiger partial charge in [-0.15, -0.1) is 0 Å². The Labute approximate surface area is 133 Å². The van der Waals surface area contributed by atoms with E-state index in [1.54, 1.807) is 25.1 Å². The van der Waals surface area contributed by atoms with Crippen molar-refractivity contribution in [2.24, 2.45) is 5.10 Å². The van der Waals surface area contributed by atoms with Crippen molar-refractivity contribution in [2.45, 2.75) is 65.2 Å². The molecule has 0 aromatic heterocycles. The molecular weight excluding hydrogens is 276 g/mol. The van der Waals surface area contributed by atoms with Crippen LogP contribution in [-0.2, 0) is 4.79 Å². The molecule has 0 aliphatic carbocycles. The van der Waals surface area contributed by atoms with Crippen LogP contribution in [0, 0.1) is 0 Å². The number of hydrogen-bond acceptors (Lipinski definition) is 3. The van der Waals surface area contributed by atoms with Gasteiger partial charge in [0.1, 0.15) is 5.75 Å². The lowest BCUT2D eigenvalue weighted by Crippen LogP contribution is -2.18. The van der Waals surface area contributed by atoms with Crippen LogP contribution in [0.2, 0.25) is 0 Å². The number of phenols is 1. The predicted molar refractivity (Wildman–Crippen MR) is 91.1 cm³/mol. The zero-order chi connectivity index (χ0) is 16.2. The second-order valence-corrected chi connectivity index (χ2v) is 5.62. The highest BCUT2D eigenvalue weighted by Gasteiger charge is 2.04. The van der Waals surface area contributed by atoms with Crippen molar-refractivity contribution in [3.63, 3.8) is 0 Å². The van der Waals surface area contributed by atoms with Crippen LogP contribution in [0.1, 0.15) is 70.8 Å². The van der Waals surface area contributed by atoms with E-state index in [9.17, 15) is 9.90 Å². The van der Waals surface area contributed by atoms with Crippen molar-refractivity contribution in [1.82, 2.24) is 5.43 Å². The summed E-state index contributed by atoms with van der Waals surface area (Å²) in [6.07, 6.45) is 8.84. The fraction of sp³-hybridized carbons (Fsp3) is 0.556. The van der Waals surface area contributed by atoms with Crippen LogP contribution < -0.4 is 5.43 Å². The number of nitrogens with zero attached hydrogens (tertiary/aromatic N) is 1. The highest BCUT2D eigenvalue weighted by atomic mass is 16.3. The second-order valence-electron chi connectivity index (χ2n) is 5.62. The molecule has 122 valence electrons. The van der Waals surface area contributed by atoms with E-state index in [0.29, 0.717) is 17.7 Å². The van der Waals surface area contributed by atoms with Gasteiger partial charge in [0.05, 0.1) is 5.71 Å². The van der Waals surface area contributed by atoms with E-state index in [-0.39, 0.29) is 11.7 Å². The number of benzene rings is 1.